The second-order valence-electron chi connectivity index (χ2n) is 10.4. The summed E-state index contributed by atoms with van der Waals surface area (Å²) >= 11 is 0. The zero-order valence-corrected chi connectivity index (χ0v) is 21.5. The number of nitrogens with zero attached hydrogens (tertiary/aromatic N) is 2. The van der Waals surface area contributed by atoms with E-state index in [9.17, 15) is 39.9 Å². The molecule has 2 aliphatic rings. The van der Waals surface area contributed by atoms with Crippen LogP contribution in [0.25, 0.3) is 0 Å². The molecule has 1 aromatic heterocycles. The molecule has 0 radical (unpaired) electrons. The second kappa shape index (κ2) is 10.7. The van der Waals surface area contributed by atoms with Crippen LogP contribution in [0.1, 0.15) is 65.5 Å². The minimum Gasteiger partial charge on any atom is -0.368 e. The molecule has 218 valence electrons. The first-order valence-corrected chi connectivity index (χ1v) is 12.8. The Balaban J connectivity index is 1.49. The fourth-order valence-electron chi connectivity index (χ4n) is 5.88. The SMILES string of the molecule is C[C@@H](O[C@H]1CN2C(=O)CC(c3ccnc(F)c3)CC2[C@@H]1c1ccc(F)cc1)c1cc(C(F)(F)F)cc(C(F)(F)F)c1. The lowest BCUT2D eigenvalue weighted by molar-refractivity contribution is -0.143. The molecule has 3 heterocycles. The van der Waals surface area contributed by atoms with Gasteiger partial charge in [-0.3, -0.25) is 4.79 Å². The summed E-state index contributed by atoms with van der Waals surface area (Å²) in [6.45, 7) is 1.37. The number of amides is 1. The van der Waals surface area contributed by atoms with E-state index in [0.29, 0.717) is 29.7 Å². The summed E-state index contributed by atoms with van der Waals surface area (Å²) in [4.78, 5) is 18.4. The lowest BCUT2D eigenvalue weighted by Crippen LogP contribution is -2.43. The molecular formula is C29H24F8N2O2. The monoisotopic (exact) mass is 584 g/mol. The maximum atomic E-state index is 13.8. The normalized spacial score (nSPS) is 23.9. The number of ether oxygens (including phenoxy) is 1. The molecule has 0 bridgehead atoms. The van der Waals surface area contributed by atoms with Gasteiger partial charge >= 0.3 is 12.4 Å². The van der Waals surface area contributed by atoms with E-state index in [1.165, 1.54) is 43.5 Å². The average Bonchev–Trinajstić information content (AvgIpc) is 3.26. The molecule has 2 aromatic carbocycles. The number of carbonyl (C=O) groups is 1. The number of piperidine rings is 1. The molecule has 0 spiro atoms. The van der Waals surface area contributed by atoms with Gasteiger partial charge < -0.3 is 9.64 Å². The summed E-state index contributed by atoms with van der Waals surface area (Å²) in [5.74, 6) is -2.41. The lowest BCUT2D eigenvalue weighted by Gasteiger charge is -2.37. The predicted octanol–water partition coefficient (Wildman–Crippen LogP) is 7.42. The number of rotatable bonds is 5. The van der Waals surface area contributed by atoms with Gasteiger partial charge in [-0.15, -0.1) is 0 Å². The van der Waals surface area contributed by atoms with Gasteiger partial charge in [-0.2, -0.15) is 30.7 Å². The maximum absolute atomic E-state index is 13.8. The molecule has 5 rings (SSSR count). The molecule has 2 saturated heterocycles. The summed E-state index contributed by atoms with van der Waals surface area (Å²) in [5, 5.41) is 0. The van der Waals surface area contributed by atoms with Crippen molar-refractivity contribution in [2.45, 2.75) is 62.2 Å². The summed E-state index contributed by atoms with van der Waals surface area (Å²) in [6.07, 6.45) is -10.3. The average molecular weight is 585 g/mol. The van der Waals surface area contributed by atoms with Crippen molar-refractivity contribution in [1.82, 2.24) is 9.88 Å². The third-order valence-electron chi connectivity index (χ3n) is 7.79. The summed E-state index contributed by atoms with van der Waals surface area (Å²) in [7, 11) is 0. The van der Waals surface area contributed by atoms with Crippen LogP contribution in [0.2, 0.25) is 0 Å². The molecule has 2 aliphatic heterocycles. The van der Waals surface area contributed by atoms with Crippen molar-refractivity contribution in [1.29, 1.82) is 0 Å². The maximum Gasteiger partial charge on any atom is 0.416 e. The highest BCUT2D eigenvalue weighted by atomic mass is 19.4. The summed E-state index contributed by atoms with van der Waals surface area (Å²) in [6, 6.07) is 9.12. The molecule has 3 aromatic rings. The Morgan fingerprint density at radius 2 is 1.54 bits per heavy atom. The van der Waals surface area contributed by atoms with Crippen LogP contribution in [-0.4, -0.2) is 34.5 Å². The number of hydrogen-bond acceptors (Lipinski definition) is 3. The van der Waals surface area contributed by atoms with Gasteiger partial charge in [0, 0.05) is 31.1 Å². The van der Waals surface area contributed by atoms with Crippen LogP contribution in [-0.2, 0) is 21.9 Å². The molecule has 0 aliphatic carbocycles. The fraction of sp³-hybridized carbons (Fsp3) is 0.379. The van der Waals surface area contributed by atoms with Crippen LogP contribution >= 0.6 is 0 Å². The predicted molar refractivity (Wildman–Crippen MR) is 131 cm³/mol. The Kier molecular flexibility index (Phi) is 7.56. The molecule has 41 heavy (non-hydrogen) atoms. The Bertz CT molecular complexity index is 1390. The van der Waals surface area contributed by atoms with Gasteiger partial charge in [0.25, 0.3) is 0 Å². The number of fused-ring (bicyclic) bond motifs is 1. The largest absolute Gasteiger partial charge is 0.416 e. The van der Waals surface area contributed by atoms with Crippen molar-refractivity contribution in [2.24, 2.45) is 0 Å². The third kappa shape index (κ3) is 6.07. The van der Waals surface area contributed by atoms with E-state index in [2.05, 4.69) is 4.98 Å². The Labute approximate surface area is 229 Å². The van der Waals surface area contributed by atoms with Crippen molar-refractivity contribution in [2.75, 3.05) is 6.54 Å². The Morgan fingerprint density at radius 1 is 0.902 bits per heavy atom. The van der Waals surface area contributed by atoms with Crippen LogP contribution in [0.5, 0.6) is 0 Å². The van der Waals surface area contributed by atoms with Crippen molar-refractivity contribution < 1.29 is 44.7 Å². The second-order valence-corrected chi connectivity index (χ2v) is 10.4. The number of carbonyl (C=O) groups excluding carboxylic acids is 1. The number of alkyl halides is 6. The first kappa shape index (κ1) is 29.0. The van der Waals surface area contributed by atoms with Crippen molar-refractivity contribution >= 4 is 5.91 Å². The topological polar surface area (TPSA) is 42.4 Å². The van der Waals surface area contributed by atoms with Gasteiger partial charge in [0.1, 0.15) is 5.82 Å². The van der Waals surface area contributed by atoms with Gasteiger partial charge in [0.05, 0.1) is 23.3 Å². The van der Waals surface area contributed by atoms with E-state index < -0.39 is 59.4 Å². The van der Waals surface area contributed by atoms with Gasteiger partial charge in [-0.25, -0.2) is 9.37 Å². The molecule has 4 nitrogen and oxygen atoms in total. The molecule has 2 unspecified atom stereocenters. The Morgan fingerprint density at radius 3 is 2.12 bits per heavy atom. The van der Waals surface area contributed by atoms with Gasteiger partial charge in [-0.1, -0.05) is 12.1 Å². The van der Waals surface area contributed by atoms with Crippen molar-refractivity contribution in [3.8, 4) is 0 Å². The highest BCUT2D eigenvalue weighted by Crippen LogP contribution is 2.46. The van der Waals surface area contributed by atoms with E-state index in [1.807, 2.05) is 0 Å². The molecule has 5 atom stereocenters. The smallest absolute Gasteiger partial charge is 0.368 e. The van der Waals surface area contributed by atoms with Crippen LogP contribution < -0.4 is 0 Å². The standard InChI is InChI=1S/C29H24F8N2O2/c1-15(18-8-20(28(32,33)34)13-21(9-18)29(35,36)37)41-24-14-39-23(27(24)16-2-4-22(30)5-3-16)10-19(12-26(39)40)17-6-7-38-25(31)11-17/h2-9,11,13,15,19,23-24,27H,10,12,14H2,1H3/t15-,19?,23?,24+,27+/m1/s1. The molecular weight excluding hydrogens is 560 g/mol. The summed E-state index contributed by atoms with van der Waals surface area (Å²) < 4.78 is 114. The number of aromatic nitrogens is 1. The van der Waals surface area contributed by atoms with Crippen LogP contribution in [0.4, 0.5) is 35.1 Å². The summed E-state index contributed by atoms with van der Waals surface area (Å²) in [5.41, 5.74) is -2.08. The zero-order valence-electron chi connectivity index (χ0n) is 21.5. The van der Waals surface area contributed by atoms with Crippen LogP contribution in [0.15, 0.2) is 60.8 Å². The molecule has 2 fully saturated rings. The molecule has 1 amide bonds. The lowest BCUT2D eigenvalue weighted by atomic mass is 9.79. The number of pyridine rings is 1. The molecule has 0 saturated carbocycles. The van der Waals surface area contributed by atoms with Crippen molar-refractivity contribution in [3.05, 3.63) is 100 Å². The van der Waals surface area contributed by atoms with E-state index in [1.54, 1.807) is 11.0 Å². The highest BCUT2D eigenvalue weighted by Gasteiger charge is 2.49. The molecule has 12 heteroatoms. The van der Waals surface area contributed by atoms with Crippen molar-refractivity contribution in [3.63, 3.8) is 0 Å². The first-order valence-electron chi connectivity index (χ1n) is 12.8. The minimum atomic E-state index is -5.02. The molecule has 0 N–H and O–H groups in total. The van der Waals surface area contributed by atoms with Gasteiger partial charge in [-0.05, 0) is 78.4 Å². The number of hydrogen-bond donors (Lipinski definition) is 0. The minimum absolute atomic E-state index is 0.0262. The van der Waals surface area contributed by atoms with E-state index in [4.69, 9.17) is 4.74 Å². The quantitative estimate of drug-likeness (QED) is 0.232. The first-order chi connectivity index (χ1) is 19.2. The van der Waals surface area contributed by atoms with Crippen LogP contribution in [0.3, 0.4) is 0 Å². The number of halogens is 8. The Hall–Kier alpha value is -3.54. The van der Waals surface area contributed by atoms with E-state index in [-0.39, 0.29) is 36.4 Å². The van der Waals surface area contributed by atoms with E-state index >= 15 is 0 Å². The van der Waals surface area contributed by atoms with Gasteiger partial charge in [0.2, 0.25) is 11.9 Å². The highest BCUT2D eigenvalue weighted by molar-refractivity contribution is 5.79. The number of benzene rings is 2. The fourth-order valence-corrected chi connectivity index (χ4v) is 5.88. The van der Waals surface area contributed by atoms with E-state index in [0.717, 1.165) is 0 Å². The zero-order chi connectivity index (χ0) is 29.7. The third-order valence-corrected chi connectivity index (χ3v) is 7.79. The van der Waals surface area contributed by atoms with Gasteiger partial charge in [0.15, 0.2) is 0 Å². The van der Waals surface area contributed by atoms with Crippen LogP contribution in [0, 0.1) is 11.8 Å².